The maximum atomic E-state index is 14.6. The number of hydrogen-bond acceptors (Lipinski definition) is 10. The van der Waals surface area contributed by atoms with Crippen LogP contribution >= 0.6 is 0 Å². The van der Waals surface area contributed by atoms with Crippen LogP contribution in [-0.4, -0.2) is 67.9 Å². The van der Waals surface area contributed by atoms with Crippen LogP contribution in [0.5, 0.6) is 5.75 Å². The summed E-state index contributed by atoms with van der Waals surface area (Å²) in [4.78, 5) is 49.9. The number of halogens is 1. The van der Waals surface area contributed by atoms with Gasteiger partial charge in [0.25, 0.3) is 0 Å². The van der Waals surface area contributed by atoms with Crippen molar-refractivity contribution in [1.29, 1.82) is 0 Å². The molecule has 1 amide bonds. The van der Waals surface area contributed by atoms with E-state index in [1.54, 1.807) is 6.07 Å². The lowest BCUT2D eigenvalue weighted by Crippen LogP contribution is -2.51. The molecular weight excluding hydrogens is 609 g/mol. The molecule has 0 aliphatic carbocycles. The average molecular weight is 654 g/mol. The Morgan fingerprint density at radius 1 is 1.17 bits per heavy atom. The van der Waals surface area contributed by atoms with Crippen molar-refractivity contribution in [3.63, 3.8) is 0 Å². The third-order valence-corrected chi connectivity index (χ3v) is 7.91. The van der Waals surface area contributed by atoms with E-state index >= 15 is 0 Å². The number of carbonyl (C=O) groups excluding carboxylic acids is 3. The van der Waals surface area contributed by atoms with E-state index in [-0.39, 0.29) is 42.3 Å². The predicted octanol–water partition coefficient (Wildman–Crippen LogP) is 4.71. The van der Waals surface area contributed by atoms with E-state index in [9.17, 15) is 23.9 Å². The molecule has 0 aliphatic heterocycles. The number of terminal acetylenes is 1. The van der Waals surface area contributed by atoms with Gasteiger partial charge in [-0.05, 0) is 37.5 Å². The number of imidazole rings is 1. The Morgan fingerprint density at radius 3 is 2.51 bits per heavy atom. The van der Waals surface area contributed by atoms with Gasteiger partial charge in [-0.15, -0.1) is 6.42 Å². The second-order valence-electron chi connectivity index (χ2n) is 12.3. The third kappa shape index (κ3) is 9.11. The molecule has 0 bridgehead atoms. The van der Waals surface area contributed by atoms with Gasteiger partial charge in [-0.1, -0.05) is 52.0 Å². The van der Waals surface area contributed by atoms with E-state index in [2.05, 4.69) is 33.1 Å². The molecule has 2 heterocycles. The van der Waals surface area contributed by atoms with Gasteiger partial charge < -0.3 is 29.2 Å². The second kappa shape index (κ2) is 15.9. The van der Waals surface area contributed by atoms with Gasteiger partial charge in [-0.2, -0.15) is 14.4 Å². The summed E-state index contributed by atoms with van der Waals surface area (Å²) in [6.45, 7) is 9.76. The highest BCUT2D eigenvalue weighted by molar-refractivity contribution is 5.96. The molecule has 0 saturated carbocycles. The summed E-state index contributed by atoms with van der Waals surface area (Å²) >= 11 is 0. The lowest BCUT2D eigenvalue weighted by Gasteiger charge is -2.35. The molecule has 3 aromatic rings. The molecule has 0 aliphatic rings. The number of esters is 2. The maximum absolute atomic E-state index is 14.6. The van der Waals surface area contributed by atoms with Gasteiger partial charge in [0.15, 0.2) is 28.7 Å². The van der Waals surface area contributed by atoms with Crippen LogP contribution in [0.15, 0.2) is 18.5 Å². The van der Waals surface area contributed by atoms with Crippen LogP contribution < -0.4 is 10.1 Å². The second-order valence-corrected chi connectivity index (χ2v) is 12.3. The quantitative estimate of drug-likeness (QED) is 0.0731. The first-order chi connectivity index (χ1) is 22.2. The Labute approximate surface area is 274 Å². The number of rotatable bonds is 16. The van der Waals surface area contributed by atoms with Gasteiger partial charge in [-0.25, -0.2) is 4.98 Å². The van der Waals surface area contributed by atoms with Crippen molar-refractivity contribution in [3.05, 3.63) is 41.2 Å². The highest BCUT2D eigenvalue weighted by Gasteiger charge is 2.42. The smallest absolute Gasteiger partial charge is 0.312 e. The molecule has 0 saturated heterocycles. The molecule has 2 N–H and O–H groups in total. The van der Waals surface area contributed by atoms with Crippen LogP contribution in [0.2, 0.25) is 0 Å². The fourth-order valence-electron chi connectivity index (χ4n) is 5.68. The Bertz CT molecular complexity index is 1640. The summed E-state index contributed by atoms with van der Waals surface area (Å²) in [6.07, 6.45) is 8.36. The lowest BCUT2D eigenvalue weighted by molar-refractivity contribution is -0.169. The zero-order chi connectivity index (χ0) is 34.9. The molecular formula is C34H44FN5O7. The van der Waals surface area contributed by atoms with Gasteiger partial charge in [0.1, 0.15) is 5.75 Å². The minimum atomic E-state index is -1.79. The first kappa shape index (κ1) is 37.1. The van der Waals surface area contributed by atoms with E-state index in [1.165, 1.54) is 24.9 Å². The number of aliphatic hydroxyl groups excluding tert-OH is 1. The summed E-state index contributed by atoms with van der Waals surface area (Å²) in [5.41, 5.74) is -0.211. The average Bonchev–Trinajstić information content (AvgIpc) is 3.37. The summed E-state index contributed by atoms with van der Waals surface area (Å²) in [5, 5.41) is 12.9. The number of aryl methyl sites for hydroxylation is 2. The molecule has 13 heteroatoms. The van der Waals surface area contributed by atoms with Gasteiger partial charge in [-0.3, -0.25) is 14.4 Å². The molecule has 0 fully saturated rings. The number of amides is 1. The first-order valence-electron chi connectivity index (χ1n) is 15.5. The van der Waals surface area contributed by atoms with E-state index in [0.29, 0.717) is 17.7 Å². The maximum Gasteiger partial charge on any atom is 0.312 e. The molecule has 47 heavy (non-hydrogen) atoms. The SMILES string of the molecule is C#CC(CO)(OC)C(Cn1cnc2c(NC(=O)CCCCCC)nc(F)nc21)OC(=O)CC(C)(C)c1c(C)cc(C)cc1OC(C)=O. The Hall–Kier alpha value is -4.41. The number of methoxy groups -OCH3 is 1. The highest BCUT2D eigenvalue weighted by Crippen LogP contribution is 2.38. The zero-order valence-corrected chi connectivity index (χ0v) is 28.1. The molecule has 2 aromatic heterocycles. The van der Waals surface area contributed by atoms with Crippen molar-refractivity contribution in [1.82, 2.24) is 19.5 Å². The van der Waals surface area contributed by atoms with E-state index in [1.807, 2.05) is 33.8 Å². The molecule has 3 rings (SSSR count). The van der Waals surface area contributed by atoms with Crippen molar-refractivity contribution in [2.24, 2.45) is 0 Å². The van der Waals surface area contributed by atoms with Gasteiger partial charge in [0, 0.05) is 31.4 Å². The summed E-state index contributed by atoms with van der Waals surface area (Å²) in [5.74, 6) is 1.10. The monoisotopic (exact) mass is 653 g/mol. The summed E-state index contributed by atoms with van der Waals surface area (Å²) < 4.78 is 32.9. The number of unbranched alkanes of at least 4 members (excludes halogenated alkanes) is 3. The lowest BCUT2D eigenvalue weighted by atomic mass is 9.78. The highest BCUT2D eigenvalue weighted by atomic mass is 19.1. The van der Waals surface area contributed by atoms with Gasteiger partial charge in [0.05, 0.1) is 25.9 Å². The topological polar surface area (TPSA) is 155 Å². The number of nitrogens with zero attached hydrogens (tertiary/aromatic N) is 4. The van der Waals surface area contributed by atoms with Crippen LogP contribution in [0.25, 0.3) is 11.2 Å². The molecule has 12 nitrogen and oxygen atoms in total. The Kier molecular flexibility index (Phi) is 12.6. The number of nitrogens with one attached hydrogen (secondary N) is 1. The number of carbonyl (C=O) groups is 3. The van der Waals surface area contributed by atoms with Crippen LogP contribution in [0.3, 0.4) is 0 Å². The Morgan fingerprint density at radius 2 is 1.89 bits per heavy atom. The van der Waals surface area contributed by atoms with Crippen molar-refractivity contribution in [3.8, 4) is 18.1 Å². The number of aromatic nitrogens is 4. The minimum absolute atomic E-state index is 0.00132. The van der Waals surface area contributed by atoms with Crippen molar-refractivity contribution in [2.45, 2.75) is 104 Å². The fourth-order valence-corrected chi connectivity index (χ4v) is 5.68. The van der Waals surface area contributed by atoms with Crippen LogP contribution in [-0.2, 0) is 35.8 Å². The molecule has 0 spiro atoms. The fraction of sp³-hybridized carbons (Fsp3) is 0.529. The first-order valence-corrected chi connectivity index (χ1v) is 15.5. The largest absolute Gasteiger partial charge is 0.456 e. The number of benzene rings is 1. The van der Waals surface area contributed by atoms with Crippen LogP contribution in [0, 0.1) is 32.3 Å². The summed E-state index contributed by atoms with van der Waals surface area (Å²) in [6, 6.07) is 3.65. The van der Waals surface area contributed by atoms with Gasteiger partial charge in [0.2, 0.25) is 5.91 Å². The molecule has 254 valence electrons. The summed E-state index contributed by atoms with van der Waals surface area (Å²) in [7, 11) is 1.27. The van der Waals surface area contributed by atoms with E-state index in [0.717, 1.165) is 30.4 Å². The number of hydrogen-bond donors (Lipinski definition) is 2. The van der Waals surface area contributed by atoms with E-state index < -0.39 is 41.7 Å². The molecule has 2 unspecified atom stereocenters. The van der Waals surface area contributed by atoms with Crippen LogP contribution in [0.1, 0.15) is 82.9 Å². The molecule has 0 radical (unpaired) electrons. The van der Waals surface area contributed by atoms with E-state index in [4.69, 9.17) is 20.6 Å². The minimum Gasteiger partial charge on any atom is -0.456 e. The normalized spacial score (nSPS) is 13.4. The standard InChI is InChI=1S/C34H44FN5O7/c1-9-11-12-13-14-26(43)37-30-29-31(39-32(35)38-30)40(20-36-29)18-25(34(10-2,19-41)45-8)47-27(44)17-33(6,7)28-22(4)15-21(3)16-24(28)46-23(5)42/h2,15-16,20,25,41H,9,11-14,17-19H2,1,3-8H3,(H,37,38,39,43). The predicted molar refractivity (Wildman–Crippen MR) is 173 cm³/mol. The number of fused-ring (bicyclic) bond motifs is 1. The number of aliphatic hydroxyl groups is 1. The molecule has 2 atom stereocenters. The van der Waals surface area contributed by atoms with Gasteiger partial charge >= 0.3 is 18.0 Å². The number of ether oxygens (including phenoxy) is 3. The van der Waals surface area contributed by atoms with Crippen molar-refractivity contribution in [2.75, 3.05) is 19.0 Å². The van der Waals surface area contributed by atoms with Crippen molar-refractivity contribution >= 4 is 34.8 Å². The molecule has 1 aromatic carbocycles. The number of anilines is 1. The Balaban J connectivity index is 1.93. The van der Waals surface area contributed by atoms with Crippen LogP contribution in [0.4, 0.5) is 10.2 Å². The third-order valence-electron chi connectivity index (χ3n) is 7.91. The zero-order valence-electron chi connectivity index (χ0n) is 28.1. The van der Waals surface area contributed by atoms with Crippen molar-refractivity contribution < 1.29 is 38.1 Å².